The van der Waals surface area contributed by atoms with Crippen molar-refractivity contribution in [1.82, 2.24) is 9.80 Å². The first-order valence-corrected chi connectivity index (χ1v) is 9.91. The second-order valence-corrected chi connectivity index (χ2v) is 7.25. The molecule has 1 saturated heterocycles. The Hall–Kier alpha value is -2.28. The third kappa shape index (κ3) is 6.12. The Morgan fingerprint density at radius 2 is 1.82 bits per heavy atom. The van der Waals surface area contributed by atoms with Crippen molar-refractivity contribution < 1.29 is 4.74 Å². The highest BCUT2D eigenvalue weighted by Gasteiger charge is 2.16. The summed E-state index contributed by atoms with van der Waals surface area (Å²) in [7, 11) is 1.59. The summed E-state index contributed by atoms with van der Waals surface area (Å²) in [5, 5.41) is 3.60. The van der Waals surface area contributed by atoms with Gasteiger partial charge in [-0.05, 0) is 23.8 Å². The maximum absolute atomic E-state index is 6.13. The number of hydrogen-bond acceptors (Lipinski definition) is 4. The molecule has 0 radical (unpaired) electrons. The molecule has 1 fully saturated rings. The monoisotopic (exact) mass is 401 g/mol. The zero-order valence-electron chi connectivity index (χ0n) is 16.3. The van der Waals surface area contributed by atoms with E-state index in [9.17, 15) is 0 Å². The first-order valence-electron chi connectivity index (χ1n) is 9.53. The predicted octanol–water partition coefficient (Wildman–Crippen LogP) is 2.89. The molecule has 7 heteroatoms. The van der Waals surface area contributed by atoms with E-state index in [2.05, 4.69) is 50.4 Å². The van der Waals surface area contributed by atoms with Crippen LogP contribution in [0.1, 0.15) is 5.56 Å². The van der Waals surface area contributed by atoms with E-state index in [0.717, 1.165) is 45.0 Å². The van der Waals surface area contributed by atoms with Crippen LogP contribution in [-0.4, -0.2) is 62.1 Å². The summed E-state index contributed by atoms with van der Waals surface area (Å²) in [6, 6.07) is 16.1. The van der Waals surface area contributed by atoms with E-state index in [4.69, 9.17) is 22.1 Å². The molecule has 3 N–H and O–H groups in total. The van der Waals surface area contributed by atoms with Crippen molar-refractivity contribution in [2.45, 2.75) is 6.54 Å². The minimum absolute atomic E-state index is 0.393. The summed E-state index contributed by atoms with van der Waals surface area (Å²) in [5.74, 6) is 1.03. The fourth-order valence-electron chi connectivity index (χ4n) is 3.26. The van der Waals surface area contributed by atoms with Gasteiger partial charge in [0.15, 0.2) is 5.96 Å². The lowest BCUT2D eigenvalue weighted by molar-refractivity contribution is 0.130. The smallest absolute Gasteiger partial charge is 0.193 e. The molecule has 1 aliphatic heterocycles. The van der Waals surface area contributed by atoms with Gasteiger partial charge in [-0.1, -0.05) is 41.9 Å². The fraction of sp³-hybridized carbons (Fsp3) is 0.381. The number of methoxy groups -OCH3 is 1. The van der Waals surface area contributed by atoms with Gasteiger partial charge in [-0.25, -0.2) is 0 Å². The molecule has 0 atom stereocenters. The van der Waals surface area contributed by atoms with Gasteiger partial charge >= 0.3 is 0 Å². The third-order valence-corrected chi connectivity index (χ3v) is 5.13. The molecule has 0 saturated carbocycles. The number of nitrogens with one attached hydrogen (secondary N) is 1. The van der Waals surface area contributed by atoms with Crippen molar-refractivity contribution in [3.05, 3.63) is 59.1 Å². The molecular formula is C21H28ClN5O. The highest BCUT2D eigenvalue weighted by Crippen LogP contribution is 2.27. The summed E-state index contributed by atoms with van der Waals surface area (Å²) in [6.07, 6.45) is 0. The number of nitrogens with zero attached hydrogens (tertiary/aromatic N) is 3. The number of guanidine groups is 1. The van der Waals surface area contributed by atoms with Gasteiger partial charge in [0, 0.05) is 45.0 Å². The summed E-state index contributed by atoms with van der Waals surface area (Å²) in [5.41, 5.74) is 8.15. The lowest BCUT2D eigenvalue weighted by Crippen LogP contribution is -2.46. The van der Waals surface area contributed by atoms with Crippen LogP contribution in [0.4, 0.5) is 5.69 Å². The molecule has 150 valence electrons. The Balaban J connectivity index is 1.38. The molecule has 0 amide bonds. The van der Waals surface area contributed by atoms with E-state index >= 15 is 0 Å². The Bertz CT molecular complexity index is 776. The maximum Gasteiger partial charge on any atom is 0.193 e. The summed E-state index contributed by atoms with van der Waals surface area (Å²) in [4.78, 5) is 9.36. The number of ether oxygens (including phenoxy) is 1. The zero-order valence-corrected chi connectivity index (χ0v) is 17.0. The van der Waals surface area contributed by atoms with Gasteiger partial charge in [-0.3, -0.25) is 14.8 Å². The van der Waals surface area contributed by atoms with Crippen LogP contribution in [0.5, 0.6) is 5.75 Å². The number of anilines is 1. The first-order chi connectivity index (χ1) is 13.6. The SMILES string of the molecule is COc1ccc(NC(N)=NCCN2CCN(Cc3ccccc3)CC2)cc1Cl. The number of rotatable bonds is 7. The molecule has 0 aliphatic carbocycles. The van der Waals surface area contributed by atoms with Crippen LogP contribution in [0, 0.1) is 0 Å². The van der Waals surface area contributed by atoms with Crippen LogP contribution in [0.2, 0.25) is 5.02 Å². The molecular weight excluding hydrogens is 374 g/mol. The second-order valence-electron chi connectivity index (χ2n) is 6.84. The van der Waals surface area contributed by atoms with E-state index in [1.165, 1.54) is 5.56 Å². The highest BCUT2D eigenvalue weighted by atomic mass is 35.5. The quantitative estimate of drug-likeness (QED) is 0.551. The van der Waals surface area contributed by atoms with Crippen molar-refractivity contribution >= 4 is 23.2 Å². The third-order valence-electron chi connectivity index (χ3n) is 4.84. The average molecular weight is 402 g/mol. The minimum Gasteiger partial charge on any atom is -0.495 e. The maximum atomic E-state index is 6.13. The predicted molar refractivity (Wildman–Crippen MR) is 116 cm³/mol. The van der Waals surface area contributed by atoms with Gasteiger partial charge in [-0.15, -0.1) is 0 Å². The van der Waals surface area contributed by atoms with Gasteiger partial charge in [0.2, 0.25) is 0 Å². The van der Waals surface area contributed by atoms with Crippen LogP contribution in [0.15, 0.2) is 53.5 Å². The molecule has 2 aromatic carbocycles. The topological polar surface area (TPSA) is 66.1 Å². The van der Waals surface area contributed by atoms with Gasteiger partial charge < -0.3 is 15.8 Å². The summed E-state index contributed by atoms with van der Waals surface area (Å²) < 4.78 is 5.15. The van der Waals surface area contributed by atoms with E-state index in [-0.39, 0.29) is 0 Å². The standard InChI is InChI=1S/C21H28ClN5O/c1-28-20-8-7-18(15-19(20)22)25-21(23)24-9-10-26-11-13-27(14-12-26)16-17-5-3-2-4-6-17/h2-8,15H,9-14,16H2,1H3,(H3,23,24,25). The zero-order chi connectivity index (χ0) is 19.8. The van der Waals surface area contributed by atoms with Crippen LogP contribution in [-0.2, 0) is 6.54 Å². The number of aliphatic imine (C=N–C) groups is 1. The normalized spacial score (nSPS) is 16.1. The van der Waals surface area contributed by atoms with Crippen LogP contribution < -0.4 is 15.8 Å². The molecule has 3 rings (SSSR count). The summed E-state index contributed by atoms with van der Waals surface area (Å²) >= 11 is 6.13. The van der Waals surface area contributed by atoms with Crippen LogP contribution >= 0.6 is 11.6 Å². The lowest BCUT2D eigenvalue weighted by atomic mass is 10.2. The molecule has 28 heavy (non-hydrogen) atoms. The molecule has 0 bridgehead atoms. The number of halogens is 1. The van der Waals surface area contributed by atoms with E-state index in [1.54, 1.807) is 19.2 Å². The van der Waals surface area contributed by atoms with Gasteiger partial charge in [-0.2, -0.15) is 0 Å². The van der Waals surface area contributed by atoms with E-state index in [1.807, 2.05) is 6.07 Å². The largest absolute Gasteiger partial charge is 0.495 e. The Morgan fingerprint density at radius 1 is 1.11 bits per heavy atom. The number of hydrogen-bond donors (Lipinski definition) is 2. The number of nitrogens with two attached hydrogens (primary N) is 1. The van der Waals surface area contributed by atoms with E-state index in [0.29, 0.717) is 23.3 Å². The summed E-state index contributed by atoms with van der Waals surface area (Å²) in [6.45, 7) is 6.88. The van der Waals surface area contributed by atoms with Crippen molar-refractivity contribution in [3.63, 3.8) is 0 Å². The van der Waals surface area contributed by atoms with Gasteiger partial charge in [0.05, 0.1) is 18.7 Å². The molecule has 2 aromatic rings. The lowest BCUT2D eigenvalue weighted by Gasteiger charge is -2.34. The Morgan fingerprint density at radius 3 is 2.50 bits per heavy atom. The molecule has 1 heterocycles. The fourth-order valence-corrected chi connectivity index (χ4v) is 3.51. The first kappa shape index (κ1) is 20.5. The van der Waals surface area contributed by atoms with Crippen molar-refractivity contribution in [1.29, 1.82) is 0 Å². The van der Waals surface area contributed by atoms with E-state index < -0.39 is 0 Å². The molecule has 0 spiro atoms. The van der Waals surface area contributed by atoms with Crippen molar-refractivity contribution in [3.8, 4) is 5.75 Å². The molecule has 0 aromatic heterocycles. The highest BCUT2D eigenvalue weighted by molar-refractivity contribution is 6.32. The average Bonchev–Trinajstić information content (AvgIpc) is 2.70. The van der Waals surface area contributed by atoms with Crippen molar-refractivity contribution in [2.75, 3.05) is 51.7 Å². The molecule has 0 unspecified atom stereocenters. The second kappa shape index (κ2) is 10.3. The number of piperazine rings is 1. The Kier molecular flexibility index (Phi) is 7.54. The van der Waals surface area contributed by atoms with Crippen molar-refractivity contribution in [2.24, 2.45) is 10.7 Å². The van der Waals surface area contributed by atoms with Crippen LogP contribution in [0.3, 0.4) is 0 Å². The molecule has 1 aliphatic rings. The number of benzene rings is 2. The Labute approximate surface area is 171 Å². The van der Waals surface area contributed by atoms with Gasteiger partial charge in [0.1, 0.15) is 5.75 Å². The van der Waals surface area contributed by atoms with Crippen LogP contribution in [0.25, 0.3) is 0 Å². The molecule has 6 nitrogen and oxygen atoms in total. The minimum atomic E-state index is 0.393. The van der Waals surface area contributed by atoms with Gasteiger partial charge in [0.25, 0.3) is 0 Å².